The van der Waals surface area contributed by atoms with E-state index in [-0.39, 0.29) is 23.9 Å². The molecule has 1 N–H and O–H groups in total. The van der Waals surface area contributed by atoms with Crippen molar-refractivity contribution < 1.29 is 18.7 Å². The number of hydrogen-bond acceptors (Lipinski definition) is 4. The van der Waals surface area contributed by atoms with E-state index in [0.29, 0.717) is 23.7 Å². The highest BCUT2D eigenvalue weighted by molar-refractivity contribution is 6.12. The van der Waals surface area contributed by atoms with Crippen molar-refractivity contribution in [3.05, 3.63) is 53.5 Å². The van der Waals surface area contributed by atoms with E-state index in [1.54, 1.807) is 13.3 Å². The summed E-state index contributed by atoms with van der Waals surface area (Å²) in [5.74, 6) is 0.438. The minimum atomic E-state index is -0.410. The molecular weight excluding hydrogens is 423 g/mol. The number of halogens is 1. The SMILES string of the molecule is COc1cc2c(cn1)CC(=NC(=O)c1ccc(F)cc1)N2C1CCC(C(=O)NC(C)C)CC1. The van der Waals surface area contributed by atoms with Crippen LogP contribution in [0.2, 0.25) is 0 Å². The Labute approximate surface area is 193 Å². The molecule has 174 valence electrons. The molecule has 7 nitrogen and oxygen atoms in total. The molecule has 1 aliphatic heterocycles. The highest BCUT2D eigenvalue weighted by Crippen LogP contribution is 2.38. The predicted octanol–water partition coefficient (Wildman–Crippen LogP) is 3.91. The number of pyridine rings is 1. The first kappa shape index (κ1) is 22.9. The third kappa shape index (κ3) is 5.05. The van der Waals surface area contributed by atoms with Gasteiger partial charge in [0, 0.05) is 47.8 Å². The molecule has 1 fully saturated rings. The van der Waals surface area contributed by atoms with Crippen LogP contribution in [-0.2, 0) is 11.2 Å². The van der Waals surface area contributed by atoms with Crippen molar-refractivity contribution in [2.75, 3.05) is 12.0 Å². The van der Waals surface area contributed by atoms with Gasteiger partial charge >= 0.3 is 0 Å². The van der Waals surface area contributed by atoms with Gasteiger partial charge in [0.25, 0.3) is 5.91 Å². The average molecular weight is 453 g/mol. The number of rotatable bonds is 5. The Kier molecular flexibility index (Phi) is 6.72. The number of methoxy groups -OCH3 is 1. The largest absolute Gasteiger partial charge is 0.481 e. The number of hydrogen-bond donors (Lipinski definition) is 1. The third-order valence-electron chi connectivity index (χ3n) is 6.22. The minimum Gasteiger partial charge on any atom is -0.481 e. The molecule has 4 rings (SSSR count). The molecule has 1 saturated carbocycles. The highest BCUT2D eigenvalue weighted by atomic mass is 19.1. The topological polar surface area (TPSA) is 83.9 Å². The van der Waals surface area contributed by atoms with Crippen LogP contribution in [0.15, 0.2) is 41.5 Å². The van der Waals surface area contributed by atoms with E-state index >= 15 is 0 Å². The summed E-state index contributed by atoms with van der Waals surface area (Å²) in [6.45, 7) is 3.93. The summed E-state index contributed by atoms with van der Waals surface area (Å²) in [6.07, 6.45) is 5.40. The van der Waals surface area contributed by atoms with Crippen LogP contribution < -0.4 is 15.0 Å². The average Bonchev–Trinajstić information content (AvgIpc) is 3.15. The van der Waals surface area contributed by atoms with Gasteiger partial charge in [-0.1, -0.05) is 0 Å². The molecule has 8 heteroatoms. The third-order valence-corrected chi connectivity index (χ3v) is 6.22. The van der Waals surface area contributed by atoms with Gasteiger partial charge in [0.2, 0.25) is 11.8 Å². The number of carbonyl (C=O) groups is 2. The Balaban J connectivity index is 1.59. The number of aliphatic imine (C=N–C) groups is 1. The fourth-order valence-corrected chi connectivity index (χ4v) is 4.59. The maximum absolute atomic E-state index is 13.3. The fraction of sp³-hybridized carbons (Fsp3) is 0.440. The number of carbonyl (C=O) groups excluding carboxylic acids is 2. The normalized spacial score (nSPS) is 21.2. The number of fused-ring (bicyclic) bond motifs is 1. The molecule has 1 aliphatic carbocycles. The second-order valence-electron chi connectivity index (χ2n) is 8.91. The maximum atomic E-state index is 13.3. The van der Waals surface area contributed by atoms with Gasteiger partial charge in [-0.25, -0.2) is 9.37 Å². The van der Waals surface area contributed by atoms with Gasteiger partial charge in [0.05, 0.1) is 12.8 Å². The summed E-state index contributed by atoms with van der Waals surface area (Å²) in [6, 6.07) is 7.50. The Hall–Kier alpha value is -3.29. The zero-order chi connectivity index (χ0) is 23.5. The highest BCUT2D eigenvalue weighted by Gasteiger charge is 2.36. The second-order valence-corrected chi connectivity index (χ2v) is 8.91. The molecule has 1 aromatic carbocycles. The monoisotopic (exact) mass is 452 g/mol. The summed E-state index contributed by atoms with van der Waals surface area (Å²) in [4.78, 5) is 36.1. The zero-order valence-corrected chi connectivity index (χ0v) is 19.2. The number of nitrogens with one attached hydrogen (secondary N) is 1. The van der Waals surface area contributed by atoms with Crippen LogP contribution in [-0.4, -0.2) is 41.8 Å². The minimum absolute atomic E-state index is 0.000986. The lowest BCUT2D eigenvalue weighted by Crippen LogP contribution is -2.44. The van der Waals surface area contributed by atoms with Crippen molar-refractivity contribution in [3.63, 3.8) is 0 Å². The van der Waals surface area contributed by atoms with Crippen LogP contribution in [0.25, 0.3) is 0 Å². The number of amidine groups is 1. The molecule has 0 unspecified atom stereocenters. The predicted molar refractivity (Wildman–Crippen MR) is 124 cm³/mol. The van der Waals surface area contributed by atoms with Gasteiger partial charge in [-0.15, -0.1) is 0 Å². The van der Waals surface area contributed by atoms with E-state index in [1.165, 1.54) is 24.3 Å². The molecule has 1 aromatic heterocycles. The molecule has 2 aliphatic rings. The maximum Gasteiger partial charge on any atom is 0.278 e. The van der Waals surface area contributed by atoms with Crippen molar-refractivity contribution in [3.8, 4) is 5.88 Å². The number of nitrogens with zero attached hydrogens (tertiary/aromatic N) is 3. The van der Waals surface area contributed by atoms with E-state index in [4.69, 9.17) is 4.74 Å². The first-order valence-electron chi connectivity index (χ1n) is 11.4. The van der Waals surface area contributed by atoms with Crippen LogP contribution in [0.4, 0.5) is 10.1 Å². The van der Waals surface area contributed by atoms with Crippen molar-refractivity contribution in [1.29, 1.82) is 0 Å². The molecule has 0 spiro atoms. The summed E-state index contributed by atoms with van der Waals surface area (Å²) in [7, 11) is 1.57. The summed E-state index contributed by atoms with van der Waals surface area (Å²) >= 11 is 0. The number of amides is 2. The van der Waals surface area contributed by atoms with Gasteiger partial charge in [0.1, 0.15) is 11.7 Å². The molecule has 0 radical (unpaired) electrons. The molecule has 2 amide bonds. The summed E-state index contributed by atoms with van der Waals surface area (Å²) < 4.78 is 18.6. The van der Waals surface area contributed by atoms with Gasteiger partial charge in [-0.2, -0.15) is 4.99 Å². The van der Waals surface area contributed by atoms with Crippen LogP contribution in [0.1, 0.15) is 55.5 Å². The van der Waals surface area contributed by atoms with Crippen molar-refractivity contribution in [2.24, 2.45) is 10.9 Å². The standard InChI is InChI=1S/C25H29FN4O3/c1-15(2)28-24(31)17-6-10-20(11-7-17)30-21-13-23(33-3)27-14-18(21)12-22(30)29-25(32)16-4-8-19(26)9-5-16/h4-5,8-9,13-15,17,20H,6-7,10-12H2,1-3H3,(H,28,31). The Morgan fingerprint density at radius 3 is 2.52 bits per heavy atom. The van der Waals surface area contributed by atoms with E-state index in [1.807, 2.05) is 19.9 Å². The van der Waals surface area contributed by atoms with Crippen LogP contribution >= 0.6 is 0 Å². The molecule has 2 heterocycles. The first-order chi connectivity index (χ1) is 15.9. The number of ether oxygens (including phenoxy) is 1. The first-order valence-corrected chi connectivity index (χ1v) is 11.4. The lowest BCUT2D eigenvalue weighted by atomic mass is 9.84. The number of benzene rings is 1. The molecular formula is C25H29FN4O3. The molecule has 0 saturated heterocycles. The Bertz CT molecular complexity index is 1060. The van der Waals surface area contributed by atoms with E-state index in [0.717, 1.165) is 36.9 Å². The van der Waals surface area contributed by atoms with Crippen molar-refractivity contribution >= 4 is 23.3 Å². The molecule has 0 bridgehead atoms. The van der Waals surface area contributed by atoms with E-state index in [2.05, 4.69) is 20.2 Å². The van der Waals surface area contributed by atoms with Gasteiger partial charge < -0.3 is 15.0 Å². The Morgan fingerprint density at radius 1 is 1.18 bits per heavy atom. The Morgan fingerprint density at radius 2 is 1.88 bits per heavy atom. The van der Waals surface area contributed by atoms with Crippen molar-refractivity contribution in [2.45, 2.75) is 58.0 Å². The second kappa shape index (κ2) is 9.68. The number of anilines is 1. The fourth-order valence-electron chi connectivity index (χ4n) is 4.59. The van der Waals surface area contributed by atoms with Crippen LogP contribution in [0, 0.1) is 11.7 Å². The van der Waals surface area contributed by atoms with Gasteiger partial charge in [-0.3, -0.25) is 9.59 Å². The van der Waals surface area contributed by atoms with E-state index < -0.39 is 11.7 Å². The quantitative estimate of drug-likeness (QED) is 0.744. The van der Waals surface area contributed by atoms with E-state index in [9.17, 15) is 14.0 Å². The van der Waals surface area contributed by atoms with Crippen LogP contribution in [0.3, 0.4) is 0 Å². The summed E-state index contributed by atoms with van der Waals surface area (Å²) in [5.41, 5.74) is 2.24. The molecule has 33 heavy (non-hydrogen) atoms. The number of aromatic nitrogens is 1. The van der Waals surface area contributed by atoms with Crippen LogP contribution in [0.5, 0.6) is 5.88 Å². The van der Waals surface area contributed by atoms with Gasteiger partial charge in [0.15, 0.2) is 0 Å². The smallest absolute Gasteiger partial charge is 0.278 e. The zero-order valence-electron chi connectivity index (χ0n) is 19.2. The van der Waals surface area contributed by atoms with Crippen molar-refractivity contribution in [1.82, 2.24) is 10.3 Å². The lowest BCUT2D eigenvalue weighted by Gasteiger charge is -2.36. The summed E-state index contributed by atoms with van der Waals surface area (Å²) in [5, 5.41) is 3.01. The lowest BCUT2D eigenvalue weighted by molar-refractivity contribution is -0.126. The van der Waals surface area contributed by atoms with Gasteiger partial charge in [-0.05, 0) is 63.8 Å². The molecule has 2 aromatic rings. The molecule has 0 atom stereocenters.